The van der Waals surface area contributed by atoms with Crippen molar-refractivity contribution in [3.8, 4) is 0 Å². The van der Waals surface area contributed by atoms with Crippen molar-refractivity contribution in [1.82, 2.24) is 4.90 Å². The Balaban J connectivity index is 1.81. The Morgan fingerprint density at radius 3 is 2.74 bits per heavy atom. The Kier molecular flexibility index (Phi) is 2.93. The summed E-state index contributed by atoms with van der Waals surface area (Å²) in [5.41, 5.74) is 0.750. The Morgan fingerprint density at radius 1 is 1.32 bits per heavy atom. The van der Waals surface area contributed by atoms with Crippen LogP contribution >= 0.6 is 11.8 Å². The normalized spacial score (nSPS) is 24.9. The highest BCUT2D eigenvalue weighted by Gasteiger charge is 2.45. The van der Waals surface area contributed by atoms with E-state index < -0.39 is 5.41 Å². The number of likely N-dealkylation sites (tertiary alicyclic amines) is 1. The van der Waals surface area contributed by atoms with Crippen LogP contribution in [0.2, 0.25) is 0 Å². The van der Waals surface area contributed by atoms with Crippen molar-refractivity contribution in [3.63, 3.8) is 0 Å². The molecular formula is C15H17NO2S. The van der Waals surface area contributed by atoms with Gasteiger partial charge < -0.3 is 0 Å². The summed E-state index contributed by atoms with van der Waals surface area (Å²) in [4.78, 5) is 27.0. The van der Waals surface area contributed by atoms with Gasteiger partial charge in [0, 0.05) is 29.5 Å². The standard InChI is InChI=1S/C15H17NO2S/c1-15(2)7-13(17)16(14(15)18)8-10-9-19-12-6-4-3-5-11(10)12/h3-6,10H,7-9H2,1-2H3. The Morgan fingerprint density at radius 2 is 2.05 bits per heavy atom. The van der Waals surface area contributed by atoms with Gasteiger partial charge >= 0.3 is 0 Å². The fourth-order valence-electron chi connectivity index (χ4n) is 2.81. The number of benzene rings is 1. The molecule has 2 aliphatic rings. The minimum absolute atomic E-state index is 0.0214. The summed E-state index contributed by atoms with van der Waals surface area (Å²) in [5.74, 6) is 1.19. The molecule has 1 aromatic carbocycles. The summed E-state index contributed by atoms with van der Waals surface area (Å²) in [6.45, 7) is 4.24. The van der Waals surface area contributed by atoms with E-state index in [1.807, 2.05) is 37.7 Å². The Labute approximate surface area is 117 Å². The molecule has 0 aliphatic carbocycles. The van der Waals surface area contributed by atoms with Crippen LogP contribution in [-0.2, 0) is 9.59 Å². The molecule has 1 unspecified atom stereocenters. The van der Waals surface area contributed by atoms with E-state index in [0.29, 0.717) is 13.0 Å². The molecule has 3 nitrogen and oxygen atoms in total. The Bertz CT molecular complexity index is 553. The minimum Gasteiger partial charge on any atom is -0.281 e. The van der Waals surface area contributed by atoms with Gasteiger partial charge in [-0.15, -0.1) is 11.8 Å². The average Bonchev–Trinajstić information content (AvgIpc) is 2.85. The lowest BCUT2D eigenvalue weighted by Gasteiger charge is -2.21. The van der Waals surface area contributed by atoms with Gasteiger partial charge in [-0.3, -0.25) is 14.5 Å². The number of fused-ring (bicyclic) bond motifs is 1. The highest BCUT2D eigenvalue weighted by atomic mass is 32.2. The van der Waals surface area contributed by atoms with Gasteiger partial charge in [-0.05, 0) is 11.6 Å². The van der Waals surface area contributed by atoms with Gasteiger partial charge in [0.05, 0.1) is 5.41 Å². The number of imide groups is 1. The van der Waals surface area contributed by atoms with Crippen LogP contribution in [0.15, 0.2) is 29.2 Å². The molecule has 2 aliphatic heterocycles. The van der Waals surface area contributed by atoms with Gasteiger partial charge in [-0.2, -0.15) is 0 Å². The van der Waals surface area contributed by atoms with Crippen molar-refractivity contribution in [2.24, 2.45) is 5.41 Å². The maximum absolute atomic E-state index is 12.2. The third-order valence-electron chi connectivity index (χ3n) is 3.92. The quantitative estimate of drug-likeness (QED) is 0.779. The maximum Gasteiger partial charge on any atom is 0.235 e. The van der Waals surface area contributed by atoms with Crippen molar-refractivity contribution >= 4 is 23.6 Å². The summed E-state index contributed by atoms with van der Waals surface area (Å²) < 4.78 is 0. The van der Waals surface area contributed by atoms with Gasteiger partial charge in [0.2, 0.25) is 11.8 Å². The zero-order chi connectivity index (χ0) is 13.6. The number of thioether (sulfide) groups is 1. The highest BCUT2D eigenvalue weighted by molar-refractivity contribution is 7.99. The van der Waals surface area contributed by atoms with E-state index in [1.165, 1.54) is 15.4 Å². The lowest BCUT2D eigenvalue weighted by Crippen LogP contribution is -2.36. The van der Waals surface area contributed by atoms with E-state index in [-0.39, 0.29) is 17.7 Å². The maximum atomic E-state index is 12.2. The molecule has 0 saturated carbocycles. The third kappa shape index (κ3) is 2.08. The zero-order valence-corrected chi connectivity index (χ0v) is 12.0. The molecule has 0 bridgehead atoms. The number of amides is 2. The summed E-state index contributed by atoms with van der Waals surface area (Å²) in [6, 6.07) is 8.27. The SMILES string of the molecule is CC1(C)CC(=O)N(CC2CSc3ccccc32)C1=O. The van der Waals surface area contributed by atoms with E-state index in [2.05, 4.69) is 12.1 Å². The van der Waals surface area contributed by atoms with Gasteiger partial charge in [0.15, 0.2) is 0 Å². The van der Waals surface area contributed by atoms with E-state index in [1.54, 1.807) is 0 Å². The predicted molar refractivity (Wildman–Crippen MR) is 75.0 cm³/mol. The van der Waals surface area contributed by atoms with Crippen LogP contribution in [0.3, 0.4) is 0 Å². The van der Waals surface area contributed by atoms with Crippen LogP contribution < -0.4 is 0 Å². The number of carbonyl (C=O) groups excluding carboxylic acids is 2. The van der Waals surface area contributed by atoms with Gasteiger partial charge in [-0.25, -0.2) is 0 Å². The largest absolute Gasteiger partial charge is 0.281 e. The molecule has 0 N–H and O–H groups in total. The fraction of sp³-hybridized carbons (Fsp3) is 0.467. The van der Waals surface area contributed by atoms with Crippen LogP contribution in [0.1, 0.15) is 31.7 Å². The summed E-state index contributed by atoms with van der Waals surface area (Å²) in [6.07, 6.45) is 0.341. The molecule has 2 heterocycles. The fourth-order valence-corrected chi connectivity index (χ4v) is 4.06. The average molecular weight is 275 g/mol. The van der Waals surface area contributed by atoms with E-state index in [9.17, 15) is 9.59 Å². The first-order chi connectivity index (χ1) is 8.99. The number of nitrogens with zero attached hydrogens (tertiary/aromatic N) is 1. The van der Waals surface area contributed by atoms with E-state index in [0.717, 1.165) is 5.75 Å². The van der Waals surface area contributed by atoms with Gasteiger partial charge in [0.1, 0.15) is 0 Å². The number of carbonyl (C=O) groups is 2. The number of hydrogen-bond donors (Lipinski definition) is 0. The molecule has 3 rings (SSSR count). The second-order valence-corrected chi connectivity index (χ2v) is 6.98. The second kappa shape index (κ2) is 4.37. The molecule has 1 atom stereocenters. The number of rotatable bonds is 2. The molecule has 2 amide bonds. The first-order valence-electron chi connectivity index (χ1n) is 6.55. The molecular weight excluding hydrogens is 258 g/mol. The van der Waals surface area contributed by atoms with Crippen molar-refractivity contribution in [3.05, 3.63) is 29.8 Å². The molecule has 1 saturated heterocycles. The van der Waals surface area contributed by atoms with E-state index >= 15 is 0 Å². The summed E-state index contributed by atoms with van der Waals surface area (Å²) >= 11 is 1.81. The zero-order valence-electron chi connectivity index (χ0n) is 11.2. The lowest BCUT2D eigenvalue weighted by molar-refractivity contribution is -0.141. The van der Waals surface area contributed by atoms with Crippen molar-refractivity contribution < 1.29 is 9.59 Å². The monoisotopic (exact) mass is 275 g/mol. The molecule has 100 valence electrons. The molecule has 0 spiro atoms. The highest BCUT2D eigenvalue weighted by Crippen LogP contribution is 2.41. The smallest absolute Gasteiger partial charge is 0.235 e. The van der Waals surface area contributed by atoms with Crippen LogP contribution in [0, 0.1) is 5.41 Å². The van der Waals surface area contributed by atoms with Crippen molar-refractivity contribution in [2.45, 2.75) is 31.1 Å². The van der Waals surface area contributed by atoms with Crippen LogP contribution in [-0.4, -0.2) is 29.0 Å². The topological polar surface area (TPSA) is 37.4 Å². The molecule has 0 radical (unpaired) electrons. The van der Waals surface area contributed by atoms with Crippen LogP contribution in [0.25, 0.3) is 0 Å². The van der Waals surface area contributed by atoms with Crippen LogP contribution in [0.4, 0.5) is 0 Å². The molecule has 0 aromatic heterocycles. The van der Waals surface area contributed by atoms with E-state index in [4.69, 9.17) is 0 Å². The molecule has 1 aromatic rings. The number of hydrogen-bond acceptors (Lipinski definition) is 3. The third-order valence-corrected chi connectivity index (χ3v) is 5.17. The first kappa shape index (κ1) is 12.7. The lowest BCUT2D eigenvalue weighted by atomic mass is 9.92. The Hall–Kier alpha value is -1.29. The molecule has 4 heteroatoms. The molecule has 19 heavy (non-hydrogen) atoms. The van der Waals surface area contributed by atoms with Crippen molar-refractivity contribution in [1.29, 1.82) is 0 Å². The van der Waals surface area contributed by atoms with Gasteiger partial charge in [-0.1, -0.05) is 32.0 Å². The predicted octanol–water partition coefficient (Wildman–Crippen LogP) is 2.66. The van der Waals surface area contributed by atoms with Crippen LogP contribution in [0.5, 0.6) is 0 Å². The second-order valence-electron chi connectivity index (χ2n) is 5.92. The minimum atomic E-state index is -0.525. The van der Waals surface area contributed by atoms with Crippen molar-refractivity contribution in [2.75, 3.05) is 12.3 Å². The van der Waals surface area contributed by atoms with Gasteiger partial charge in [0.25, 0.3) is 0 Å². The summed E-state index contributed by atoms with van der Waals surface area (Å²) in [7, 11) is 0. The first-order valence-corrected chi connectivity index (χ1v) is 7.54. The molecule has 1 fully saturated rings. The summed E-state index contributed by atoms with van der Waals surface area (Å²) in [5, 5.41) is 0.